The van der Waals surface area contributed by atoms with Gasteiger partial charge >= 0.3 is 0 Å². The highest BCUT2D eigenvalue weighted by Crippen LogP contribution is 2.22. The molecule has 0 radical (unpaired) electrons. The van der Waals surface area contributed by atoms with Crippen molar-refractivity contribution in [1.29, 1.82) is 0 Å². The average Bonchev–Trinajstić information content (AvgIpc) is 3.28. The SMILES string of the molecule is CCOc1cc(C)nc(N2CCN(C(=O)c3cc(N4CCCC4)ccn3)CC2)n1. The first-order valence-electron chi connectivity index (χ1n) is 10.4. The summed E-state index contributed by atoms with van der Waals surface area (Å²) in [5.41, 5.74) is 2.49. The van der Waals surface area contributed by atoms with Gasteiger partial charge in [-0.15, -0.1) is 0 Å². The molecule has 8 heteroatoms. The maximum absolute atomic E-state index is 13.0. The normalized spacial score (nSPS) is 17.0. The molecule has 4 heterocycles. The summed E-state index contributed by atoms with van der Waals surface area (Å²) in [5, 5.41) is 0. The van der Waals surface area contributed by atoms with Gasteiger partial charge in [0.2, 0.25) is 11.8 Å². The minimum absolute atomic E-state index is 0.00846. The molecule has 0 saturated carbocycles. The number of carbonyl (C=O) groups is 1. The van der Waals surface area contributed by atoms with Crippen LogP contribution in [0.4, 0.5) is 11.6 Å². The lowest BCUT2D eigenvalue weighted by Gasteiger charge is -2.34. The molecule has 2 aromatic heterocycles. The molecule has 0 N–H and O–H groups in total. The number of nitrogens with zero attached hydrogens (tertiary/aromatic N) is 6. The summed E-state index contributed by atoms with van der Waals surface area (Å²) in [7, 11) is 0. The van der Waals surface area contributed by atoms with Gasteiger partial charge < -0.3 is 19.4 Å². The molecule has 29 heavy (non-hydrogen) atoms. The van der Waals surface area contributed by atoms with E-state index in [0.29, 0.717) is 50.3 Å². The molecule has 8 nitrogen and oxygen atoms in total. The van der Waals surface area contributed by atoms with Crippen molar-refractivity contribution in [3.8, 4) is 5.88 Å². The number of aromatic nitrogens is 3. The zero-order chi connectivity index (χ0) is 20.2. The molecule has 0 atom stereocenters. The van der Waals surface area contributed by atoms with E-state index in [2.05, 4.69) is 24.8 Å². The first-order chi connectivity index (χ1) is 14.1. The second-order valence-electron chi connectivity index (χ2n) is 7.45. The van der Waals surface area contributed by atoms with Gasteiger partial charge in [-0.05, 0) is 38.8 Å². The smallest absolute Gasteiger partial charge is 0.272 e. The van der Waals surface area contributed by atoms with Crippen LogP contribution in [-0.2, 0) is 0 Å². The fourth-order valence-electron chi connectivity index (χ4n) is 3.87. The van der Waals surface area contributed by atoms with Crippen molar-refractivity contribution in [2.75, 3.05) is 55.7 Å². The standard InChI is InChI=1S/C21H28N6O2/c1-3-29-19-14-16(2)23-21(24-19)27-12-10-26(11-13-27)20(28)18-15-17(6-7-22-18)25-8-4-5-9-25/h6-7,14-15H,3-5,8-13H2,1-2H3. The van der Waals surface area contributed by atoms with Crippen molar-refractivity contribution < 1.29 is 9.53 Å². The first kappa shape index (κ1) is 19.4. The Morgan fingerprint density at radius 1 is 1.03 bits per heavy atom. The predicted octanol–water partition coefficient (Wildman–Crippen LogP) is 2.14. The fourth-order valence-corrected chi connectivity index (χ4v) is 3.87. The monoisotopic (exact) mass is 396 g/mol. The summed E-state index contributed by atoms with van der Waals surface area (Å²) < 4.78 is 5.53. The van der Waals surface area contributed by atoms with E-state index in [4.69, 9.17) is 4.74 Å². The second-order valence-corrected chi connectivity index (χ2v) is 7.45. The van der Waals surface area contributed by atoms with Gasteiger partial charge in [-0.25, -0.2) is 4.98 Å². The van der Waals surface area contributed by atoms with Gasteiger partial charge in [0, 0.05) is 62.9 Å². The van der Waals surface area contributed by atoms with Crippen LogP contribution in [0.5, 0.6) is 5.88 Å². The Kier molecular flexibility index (Phi) is 5.78. The third kappa shape index (κ3) is 4.41. The quantitative estimate of drug-likeness (QED) is 0.766. The fraction of sp³-hybridized carbons (Fsp3) is 0.524. The Balaban J connectivity index is 1.41. The number of carbonyl (C=O) groups excluding carboxylic acids is 1. The highest BCUT2D eigenvalue weighted by atomic mass is 16.5. The number of ether oxygens (including phenoxy) is 1. The first-order valence-corrected chi connectivity index (χ1v) is 10.4. The number of anilines is 2. The average molecular weight is 396 g/mol. The van der Waals surface area contributed by atoms with Gasteiger partial charge in [-0.2, -0.15) is 4.98 Å². The molecule has 0 bridgehead atoms. The van der Waals surface area contributed by atoms with Crippen LogP contribution >= 0.6 is 0 Å². The van der Waals surface area contributed by atoms with E-state index in [0.717, 1.165) is 24.5 Å². The number of piperazine rings is 1. The molecule has 2 fully saturated rings. The number of pyridine rings is 1. The molecule has 2 aromatic rings. The van der Waals surface area contributed by atoms with Crippen LogP contribution in [-0.4, -0.2) is 71.6 Å². The largest absolute Gasteiger partial charge is 0.478 e. The number of rotatable bonds is 5. The molecule has 2 saturated heterocycles. The van der Waals surface area contributed by atoms with E-state index < -0.39 is 0 Å². The van der Waals surface area contributed by atoms with E-state index in [1.807, 2.05) is 36.9 Å². The molecular weight excluding hydrogens is 368 g/mol. The maximum Gasteiger partial charge on any atom is 0.272 e. The summed E-state index contributed by atoms with van der Waals surface area (Å²) in [6.45, 7) is 9.17. The molecule has 1 amide bonds. The lowest BCUT2D eigenvalue weighted by molar-refractivity contribution is 0.0740. The topological polar surface area (TPSA) is 74.7 Å². The van der Waals surface area contributed by atoms with E-state index in [9.17, 15) is 4.79 Å². The van der Waals surface area contributed by atoms with Crippen LogP contribution in [0.3, 0.4) is 0 Å². The molecule has 154 valence electrons. The Hall–Kier alpha value is -2.90. The Bertz CT molecular complexity index is 860. The van der Waals surface area contributed by atoms with Gasteiger partial charge in [0.25, 0.3) is 5.91 Å². The Morgan fingerprint density at radius 3 is 2.52 bits per heavy atom. The number of aryl methyl sites for hydroxylation is 1. The second kappa shape index (κ2) is 8.63. The van der Waals surface area contributed by atoms with Crippen molar-refractivity contribution in [1.82, 2.24) is 19.9 Å². The van der Waals surface area contributed by atoms with Crippen molar-refractivity contribution in [3.05, 3.63) is 35.8 Å². The number of amides is 1. The highest BCUT2D eigenvalue weighted by molar-refractivity contribution is 5.93. The summed E-state index contributed by atoms with van der Waals surface area (Å²) in [4.78, 5) is 32.6. The third-order valence-electron chi connectivity index (χ3n) is 5.39. The predicted molar refractivity (Wildman–Crippen MR) is 112 cm³/mol. The van der Waals surface area contributed by atoms with Gasteiger partial charge in [0.15, 0.2) is 0 Å². The van der Waals surface area contributed by atoms with Gasteiger partial charge in [-0.1, -0.05) is 0 Å². The Labute approximate surface area is 171 Å². The molecule has 0 unspecified atom stereocenters. The summed E-state index contributed by atoms with van der Waals surface area (Å²) >= 11 is 0. The number of hydrogen-bond donors (Lipinski definition) is 0. The minimum Gasteiger partial charge on any atom is -0.478 e. The van der Waals surface area contributed by atoms with Crippen LogP contribution < -0.4 is 14.5 Å². The highest BCUT2D eigenvalue weighted by Gasteiger charge is 2.25. The molecule has 2 aliphatic rings. The number of hydrogen-bond acceptors (Lipinski definition) is 7. The van der Waals surface area contributed by atoms with Gasteiger partial charge in [0.05, 0.1) is 6.61 Å². The van der Waals surface area contributed by atoms with Gasteiger partial charge in [0.1, 0.15) is 5.69 Å². The molecule has 0 spiro atoms. The molecule has 2 aliphatic heterocycles. The third-order valence-corrected chi connectivity index (χ3v) is 5.39. The lowest BCUT2D eigenvalue weighted by atomic mass is 10.2. The van der Waals surface area contributed by atoms with Crippen molar-refractivity contribution in [2.45, 2.75) is 26.7 Å². The zero-order valence-corrected chi connectivity index (χ0v) is 17.2. The molecule has 0 aliphatic carbocycles. The van der Waals surface area contributed by atoms with E-state index >= 15 is 0 Å². The van der Waals surface area contributed by atoms with Crippen molar-refractivity contribution in [3.63, 3.8) is 0 Å². The molecule has 4 rings (SSSR count). The lowest BCUT2D eigenvalue weighted by Crippen LogP contribution is -2.49. The van der Waals surface area contributed by atoms with Crippen molar-refractivity contribution >= 4 is 17.5 Å². The van der Waals surface area contributed by atoms with E-state index in [1.54, 1.807) is 6.20 Å². The van der Waals surface area contributed by atoms with Crippen LogP contribution in [0.15, 0.2) is 24.4 Å². The molecule has 0 aromatic carbocycles. The van der Waals surface area contributed by atoms with Crippen LogP contribution in [0, 0.1) is 6.92 Å². The summed E-state index contributed by atoms with van der Waals surface area (Å²) in [5.74, 6) is 1.25. The van der Waals surface area contributed by atoms with E-state index in [-0.39, 0.29) is 5.91 Å². The summed E-state index contributed by atoms with van der Waals surface area (Å²) in [6, 6.07) is 5.76. The molecular formula is C21H28N6O2. The minimum atomic E-state index is -0.00846. The van der Waals surface area contributed by atoms with Crippen LogP contribution in [0.2, 0.25) is 0 Å². The van der Waals surface area contributed by atoms with Gasteiger partial charge in [-0.3, -0.25) is 9.78 Å². The van der Waals surface area contributed by atoms with E-state index in [1.165, 1.54) is 12.8 Å². The zero-order valence-electron chi connectivity index (χ0n) is 17.2. The summed E-state index contributed by atoms with van der Waals surface area (Å²) in [6.07, 6.45) is 4.16. The van der Waals surface area contributed by atoms with Crippen molar-refractivity contribution in [2.24, 2.45) is 0 Å². The van der Waals surface area contributed by atoms with Crippen LogP contribution in [0.25, 0.3) is 0 Å². The maximum atomic E-state index is 13.0. The Morgan fingerprint density at radius 2 is 1.79 bits per heavy atom. The van der Waals surface area contributed by atoms with Crippen LogP contribution in [0.1, 0.15) is 35.9 Å².